The molecule has 4 rings (SSSR count). The van der Waals surface area contributed by atoms with Gasteiger partial charge in [-0.15, -0.1) is 0 Å². The van der Waals surface area contributed by atoms with E-state index in [9.17, 15) is 9.59 Å². The van der Waals surface area contributed by atoms with Crippen LogP contribution in [0.15, 0.2) is 39.9 Å². The van der Waals surface area contributed by atoms with E-state index < -0.39 is 11.2 Å². The molecule has 2 heterocycles. The third kappa shape index (κ3) is 4.60. The van der Waals surface area contributed by atoms with Gasteiger partial charge in [0.25, 0.3) is 5.56 Å². The molecule has 2 aromatic heterocycles. The van der Waals surface area contributed by atoms with Crippen molar-refractivity contribution in [3.8, 4) is 5.69 Å². The minimum absolute atomic E-state index is 0.233. The van der Waals surface area contributed by atoms with E-state index in [1.165, 1.54) is 15.8 Å². The van der Waals surface area contributed by atoms with E-state index in [1.807, 2.05) is 27.8 Å². The Bertz CT molecular complexity index is 1220. The SMILES string of the molecule is CCCCn1c(N)c(N(Cc2nn(-c3ccccc3)c3c2CCC3)CC(C)C)c(=O)[nH]c1=O. The number of hydrogen-bond acceptors (Lipinski definition) is 5. The summed E-state index contributed by atoms with van der Waals surface area (Å²) in [5, 5.41) is 4.98. The van der Waals surface area contributed by atoms with Gasteiger partial charge in [0.05, 0.1) is 17.9 Å². The Morgan fingerprint density at radius 2 is 1.94 bits per heavy atom. The molecular weight excluding hydrogens is 416 g/mol. The lowest BCUT2D eigenvalue weighted by Crippen LogP contribution is -2.39. The largest absolute Gasteiger partial charge is 0.383 e. The highest BCUT2D eigenvalue weighted by atomic mass is 16.2. The zero-order valence-electron chi connectivity index (χ0n) is 19.8. The number of nitrogens with two attached hydrogens (primary N) is 1. The molecule has 0 saturated heterocycles. The Morgan fingerprint density at radius 1 is 1.18 bits per heavy atom. The first kappa shape index (κ1) is 22.9. The van der Waals surface area contributed by atoms with Crippen LogP contribution in [0.2, 0.25) is 0 Å². The molecular formula is C25H34N6O2. The number of benzene rings is 1. The lowest BCUT2D eigenvalue weighted by molar-refractivity contribution is 0.582. The Morgan fingerprint density at radius 3 is 2.64 bits per heavy atom. The van der Waals surface area contributed by atoms with Gasteiger partial charge in [-0.25, -0.2) is 9.48 Å². The number of H-pyrrole nitrogens is 1. The van der Waals surface area contributed by atoms with Crippen LogP contribution in [-0.2, 0) is 25.9 Å². The summed E-state index contributed by atoms with van der Waals surface area (Å²) in [7, 11) is 0. The number of hydrogen-bond donors (Lipinski definition) is 2. The van der Waals surface area contributed by atoms with E-state index in [1.54, 1.807) is 0 Å². The molecule has 1 aliphatic carbocycles. The fourth-order valence-electron chi connectivity index (χ4n) is 4.70. The molecule has 0 spiro atoms. The van der Waals surface area contributed by atoms with Crippen LogP contribution in [0, 0.1) is 5.92 Å². The van der Waals surface area contributed by atoms with Crippen molar-refractivity contribution < 1.29 is 0 Å². The van der Waals surface area contributed by atoms with Gasteiger partial charge < -0.3 is 10.6 Å². The molecule has 3 aromatic rings. The van der Waals surface area contributed by atoms with E-state index >= 15 is 0 Å². The predicted octanol–water partition coefficient (Wildman–Crippen LogP) is 3.26. The third-order valence-electron chi connectivity index (χ3n) is 6.21. The first-order valence-corrected chi connectivity index (χ1v) is 11.9. The monoisotopic (exact) mass is 450 g/mol. The summed E-state index contributed by atoms with van der Waals surface area (Å²) in [6, 6.07) is 10.2. The van der Waals surface area contributed by atoms with Gasteiger partial charge in [0.2, 0.25) is 0 Å². The summed E-state index contributed by atoms with van der Waals surface area (Å²) in [6.45, 7) is 7.86. The second kappa shape index (κ2) is 9.68. The quantitative estimate of drug-likeness (QED) is 0.521. The van der Waals surface area contributed by atoms with E-state index in [-0.39, 0.29) is 5.82 Å². The molecule has 8 nitrogen and oxygen atoms in total. The number of nitrogens with zero attached hydrogens (tertiary/aromatic N) is 4. The highest BCUT2D eigenvalue weighted by Gasteiger charge is 2.27. The van der Waals surface area contributed by atoms with Gasteiger partial charge in [0, 0.05) is 18.8 Å². The van der Waals surface area contributed by atoms with Gasteiger partial charge in [0.1, 0.15) is 11.5 Å². The number of rotatable bonds is 9. The molecule has 0 amide bonds. The topological polar surface area (TPSA) is 102 Å². The summed E-state index contributed by atoms with van der Waals surface area (Å²) in [5.41, 5.74) is 10.4. The smallest absolute Gasteiger partial charge is 0.330 e. The number of unbranched alkanes of at least 4 members (excludes halogenated alkanes) is 1. The predicted molar refractivity (Wildman–Crippen MR) is 132 cm³/mol. The maximum absolute atomic E-state index is 12.9. The highest BCUT2D eigenvalue weighted by Crippen LogP contribution is 2.30. The maximum Gasteiger partial charge on any atom is 0.330 e. The second-order valence-corrected chi connectivity index (χ2v) is 9.25. The van der Waals surface area contributed by atoms with Crippen LogP contribution in [0.3, 0.4) is 0 Å². The molecule has 0 unspecified atom stereocenters. The van der Waals surface area contributed by atoms with Gasteiger partial charge in [-0.05, 0) is 49.3 Å². The molecule has 0 saturated carbocycles. The first-order valence-electron chi connectivity index (χ1n) is 11.9. The van der Waals surface area contributed by atoms with Crippen molar-refractivity contribution in [2.45, 2.75) is 66.0 Å². The average Bonchev–Trinajstić information content (AvgIpc) is 3.37. The van der Waals surface area contributed by atoms with Crippen molar-refractivity contribution >= 4 is 11.5 Å². The summed E-state index contributed by atoms with van der Waals surface area (Å²) in [4.78, 5) is 29.9. The van der Waals surface area contributed by atoms with Crippen molar-refractivity contribution in [3.63, 3.8) is 0 Å². The number of fused-ring (bicyclic) bond motifs is 1. The van der Waals surface area contributed by atoms with E-state index in [0.29, 0.717) is 31.2 Å². The van der Waals surface area contributed by atoms with Crippen molar-refractivity contribution in [2.75, 3.05) is 17.2 Å². The van der Waals surface area contributed by atoms with Crippen molar-refractivity contribution in [1.82, 2.24) is 19.3 Å². The summed E-state index contributed by atoms with van der Waals surface area (Å²) in [6.07, 6.45) is 4.82. The van der Waals surface area contributed by atoms with Crippen LogP contribution in [0.4, 0.5) is 11.5 Å². The number of aromatic nitrogens is 4. The zero-order chi connectivity index (χ0) is 23.5. The molecule has 0 aliphatic heterocycles. The second-order valence-electron chi connectivity index (χ2n) is 9.25. The Labute approximate surface area is 194 Å². The molecule has 3 N–H and O–H groups in total. The van der Waals surface area contributed by atoms with E-state index in [2.05, 4.69) is 37.9 Å². The standard InChI is InChI=1S/C25H34N6O2/c1-4-5-14-30-23(26)22(24(32)27-25(30)33)29(15-17(2)3)16-20-19-12-9-13-21(19)31(28-20)18-10-7-6-8-11-18/h6-8,10-11,17H,4-5,9,12-16,26H2,1-3H3,(H,27,32,33). The van der Waals surface area contributed by atoms with E-state index in [0.717, 1.165) is 43.5 Å². The molecule has 1 aliphatic rings. The van der Waals surface area contributed by atoms with E-state index in [4.69, 9.17) is 10.8 Å². The number of nitrogens with one attached hydrogen (secondary N) is 1. The number of aromatic amines is 1. The van der Waals surface area contributed by atoms with Gasteiger partial charge >= 0.3 is 5.69 Å². The minimum atomic E-state index is -0.451. The molecule has 1 aromatic carbocycles. The summed E-state index contributed by atoms with van der Waals surface area (Å²) in [5.74, 6) is 0.529. The lowest BCUT2D eigenvalue weighted by atomic mass is 10.1. The molecule has 0 radical (unpaired) electrons. The highest BCUT2D eigenvalue weighted by molar-refractivity contribution is 5.62. The fourth-order valence-corrected chi connectivity index (χ4v) is 4.70. The Hall–Kier alpha value is -3.29. The van der Waals surface area contributed by atoms with Crippen molar-refractivity contribution in [1.29, 1.82) is 0 Å². The minimum Gasteiger partial charge on any atom is -0.383 e. The van der Waals surface area contributed by atoms with Crippen molar-refractivity contribution in [3.05, 3.63) is 68.1 Å². The molecule has 0 fully saturated rings. The van der Waals surface area contributed by atoms with Gasteiger partial charge in [-0.3, -0.25) is 14.3 Å². The van der Waals surface area contributed by atoms with Gasteiger partial charge in [-0.1, -0.05) is 45.4 Å². The molecule has 0 atom stereocenters. The van der Waals surface area contributed by atoms with Crippen LogP contribution in [0.25, 0.3) is 5.69 Å². The maximum atomic E-state index is 12.9. The number of anilines is 2. The van der Waals surface area contributed by atoms with Crippen LogP contribution >= 0.6 is 0 Å². The average molecular weight is 451 g/mol. The first-order chi connectivity index (χ1) is 15.9. The Balaban J connectivity index is 1.77. The molecule has 33 heavy (non-hydrogen) atoms. The van der Waals surface area contributed by atoms with Crippen LogP contribution in [-0.4, -0.2) is 25.9 Å². The lowest BCUT2D eigenvalue weighted by Gasteiger charge is -2.27. The number of nitrogen functional groups attached to an aromatic ring is 1. The summed E-state index contributed by atoms with van der Waals surface area (Å²) >= 11 is 0. The Kier molecular flexibility index (Phi) is 6.72. The zero-order valence-corrected chi connectivity index (χ0v) is 19.8. The van der Waals surface area contributed by atoms with Gasteiger partial charge in [-0.2, -0.15) is 5.10 Å². The third-order valence-corrected chi connectivity index (χ3v) is 6.21. The van der Waals surface area contributed by atoms with Crippen molar-refractivity contribution in [2.24, 2.45) is 5.92 Å². The van der Waals surface area contributed by atoms with Crippen LogP contribution in [0.1, 0.15) is 57.0 Å². The van der Waals surface area contributed by atoms with Gasteiger partial charge in [0.15, 0.2) is 0 Å². The summed E-state index contributed by atoms with van der Waals surface area (Å²) < 4.78 is 3.53. The normalized spacial score (nSPS) is 13.0. The van der Waals surface area contributed by atoms with Crippen LogP contribution < -0.4 is 21.9 Å². The van der Waals surface area contributed by atoms with Crippen LogP contribution in [0.5, 0.6) is 0 Å². The molecule has 0 bridgehead atoms. The molecule has 8 heteroatoms. The number of para-hydroxylation sites is 1. The molecule has 176 valence electrons. The fraction of sp³-hybridized carbons (Fsp3) is 0.480.